The van der Waals surface area contributed by atoms with Gasteiger partial charge in [-0.3, -0.25) is 9.69 Å². The number of amides is 1. The average Bonchev–Trinajstić information content (AvgIpc) is 2.85. The van der Waals surface area contributed by atoms with Crippen LogP contribution >= 0.6 is 0 Å². The topological polar surface area (TPSA) is 75.7 Å². The molecule has 3 rings (SSSR count). The molecular weight excluding hydrogens is 340 g/mol. The van der Waals surface area contributed by atoms with Crippen molar-refractivity contribution in [1.29, 1.82) is 0 Å². The average molecular weight is 366 g/mol. The maximum Gasteiger partial charge on any atom is 0.251 e. The van der Waals surface area contributed by atoms with Gasteiger partial charge in [-0.1, -0.05) is 12.1 Å². The van der Waals surface area contributed by atoms with Gasteiger partial charge in [0.2, 0.25) is 0 Å². The number of carbonyl (C=O) groups is 1. The third-order valence-electron chi connectivity index (χ3n) is 4.69. The second-order valence-electron chi connectivity index (χ2n) is 7.22. The first kappa shape index (κ1) is 18.4. The van der Waals surface area contributed by atoms with Crippen molar-refractivity contribution in [2.75, 3.05) is 24.6 Å². The van der Waals surface area contributed by atoms with Gasteiger partial charge < -0.3 is 10.1 Å². The summed E-state index contributed by atoms with van der Waals surface area (Å²) in [5.41, 5.74) is 1.72. The van der Waals surface area contributed by atoms with Gasteiger partial charge in [0, 0.05) is 31.2 Å². The van der Waals surface area contributed by atoms with Gasteiger partial charge in [-0.15, -0.1) is 0 Å². The molecule has 0 aliphatic carbocycles. The van der Waals surface area contributed by atoms with E-state index >= 15 is 0 Å². The van der Waals surface area contributed by atoms with Gasteiger partial charge in [0.25, 0.3) is 5.91 Å². The molecule has 0 bridgehead atoms. The molecule has 25 heavy (non-hydrogen) atoms. The molecule has 1 aromatic carbocycles. The van der Waals surface area contributed by atoms with Crippen molar-refractivity contribution < 1.29 is 17.9 Å². The highest BCUT2D eigenvalue weighted by Crippen LogP contribution is 2.16. The van der Waals surface area contributed by atoms with Crippen LogP contribution < -0.4 is 5.32 Å². The van der Waals surface area contributed by atoms with E-state index in [0.29, 0.717) is 12.0 Å². The Morgan fingerprint density at radius 2 is 1.84 bits per heavy atom. The van der Waals surface area contributed by atoms with Crippen molar-refractivity contribution in [2.45, 2.75) is 45.1 Å². The minimum atomic E-state index is -2.99. The van der Waals surface area contributed by atoms with Gasteiger partial charge in [0.15, 0.2) is 9.84 Å². The lowest BCUT2D eigenvalue weighted by molar-refractivity contribution is -0.0704. The smallest absolute Gasteiger partial charge is 0.251 e. The first-order valence-corrected chi connectivity index (χ1v) is 10.6. The van der Waals surface area contributed by atoms with Gasteiger partial charge in [-0.05, 0) is 38.0 Å². The van der Waals surface area contributed by atoms with Crippen LogP contribution in [0, 0.1) is 0 Å². The number of benzene rings is 1. The summed E-state index contributed by atoms with van der Waals surface area (Å²) in [6, 6.07) is 7.27. The number of carbonyl (C=O) groups excluding carboxylic acids is 1. The van der Waals surface area contributed by atoms with Gasteiger partial charge >= 0.3 is 0 Å². The van der Waals surface area contributed by atoms with Gasteiger partial charge in [-0.25, -0.2) is 8.42 Å². The van der Waals surface area contributed by atoms with Gasteiger partial charge in [0.1, 0.15) is 0 Å². The molecule has 1 amide bonds. The van der Waals surface area contributed by atoms with E-state index < -0.39 is 9.84 Å². The van der Waals surface area contributed by atoms with Crippen molar-refractivity contribution >= 4 is 15.7 Å². The summed E-state index contributed by atoms with van der Waals surface area (Å²) in [4.78, 5) is 14.6. The Balaban J connectivity index is 1.55. The van der Waals surface area contributed by atoms with Crippen LogP contribution in [0.1, 0.15) is 36.2 Å². The Hall–Kier alpha value is -1.44. The van der Waals surface area contributed by atoms with E-state index in [1.165, 1.54) is 0 Å². The van der Waals surface area contributed by atoms with Crippen molar-refractivity contribution in [3.05, 3.63) is 35.4 Å². The van der Waals surface area contributed by atoms with Crippen LogP contribution in [0.15, 0.2) is 24.3 Å². The quantitative estimate of drug-likeness (QED) is 0.867. The van der Waals surface area contributed by atoms with E-state index in [-0.39, 0.29) is 35.7 Å². The Bertz CT molecular complexity index is 707. The van der Waals surface area contributed by atoms with Crippen LogP contribution in [0.4, 0.5) is 0 Å². The number of rotatable bonds is 4. The molecule has 138 valence electrons. The summed E-state index contributed by atoms with van der Waals surface area (Å²) in [5.74, 6) is -0.000379. The second kappa shape index (κ2) is 7.43. The molecule has 1 N–H and O–H groups in total. The Kier molecular flexibility index (Phi) is 5.46. The number of morpholine rings is 1. The lowest BCUT2D eigenvalue weighted by Crippen LogP contribution is -2.44. The number of nitrogens with one attached hydrogen (secondary N) is 1. The molecule has 3 atom stereocenters. The first-order chi connectivity index (χ1) is 11.8. The molecule has 6 nitrogen and oxygen atoms in total. The molecule has 0 saturated carbocycles. The number of hydrogen-bond donors (Lipinski definition) is 1. The predicted octanol–water partition coefficient (Wildman–Crippen LogP) is 1.21. The minimum Gasteiger partial charge on any atom is -0.373 e. The summed E-state index contributed by atoms with van der Waals surface area (Å²) in [5, 5.41) is 2.82. The van der Waals surface area contributed by atoms with E-state index in [4.69, 9.17) is 4.74 Å². The maximum absolute atomic E-state index is 12.3. The van der Waals surface area contributed by atoms with Crippen LogP contribution in [-0.2, 0) is 21.1 Å². The number of nitrogens with zero attached hydrogens (tertiary/aromatic N) is 1. The van der Waals surface area contributed by atoms with Gasteiger partial charge in [-0.2, -0.15) is 0 Å². The molecule has 2 aliphatic rings. The molecule has 2 fully saturated rings. The van der Waals surface area contributed by atoms with Crippen LogP contribution in [0.5, 0.6) is 0 Å². The fraction of sp³-hybridized carbons (Fsp3) is 0.611. The van der Waals surface area contributed by atoms with Crippen LogP contribution in [0.3, 0.4) is 0 Å². The zero-order valence-corrected chi connectivity index (χ0v) is 15.6. The van der Waals surface area contributed by atoms with Crippen molar-refractivity contribution in [1.82, 2.24) is 10.2 Å². The molecule has 0 aromatic heterocycles. The van der Waals surface area contributed by atoms with E-state index in [2.05, 4.69) is 24.1 Å². The second-order valence-corrected chi connectivity index (χ2v) is 9.45. The summed E-state index contributed by atoms with van der Waals surface area (Å²) >= 11 is 0. The molecule has 2 heterocycles. The fourth-order valence-electron chi connectivity index (χ4n) is 3.61. The van der Waals surface area contributed by atoms with Crippen molar-refractivity contribution in [3.8, 4) is 0 Å². The predicted molar refractivity (Wildman–Crippen MR) is 96.3 cm³/mol. The molecular formula is C18H26N2O4S. The third-order valence-corrected chi connectivity index (χ3v) is 6.45. The van der Waals surface area contributed by atoms with E-state index in [1.807, 2.05) is 12.1 Å². The highest BCUT2D eigenvalue weighted by molar-refractivity contribution is 7.91. The molecule has 0 spiro atoms. The number of ether oxygens (including phenoxy) is 1. The Labute approximate surface area is 149 Å². The Morgan fingerprint density at radius 1 is 1.20 bits per heavy atom. The lowest BCUT2D eigenvalue weighted by Gasteiger charge is -2.35. The summed E-state index contributed by atoms with van der Waals surface area (Å²) in [6.07, 6.45) is 0.965. The highest BCUT2D eigenvalue weighted by Gasteiger charge is 2.29. The number of sulfone groups is 1. The van der Waals surface area contributed by atoms with Crippen LogP contribution in [-0.4, -0.2) is 62.1 Å². The fourth-order valence-corrected chi connectivity index (χ4v) is 5.28. The molecule has 2 aliphatic heterocycles. The van der Waals surface area contributed by atoms with Crippen molar-refractivity contribution in [2.24, 2.45) is 0 Å². The molecule has 0 radical (unpaired) electrons. The van der Waals surface area contributed by atoms with E-state index in [1.54, 1.807) is 12.1 Å². The third kappa shape index (κ3) is 5.03. The highest BCUT2D eigenvalue weighted by atomic mass is 32.2. The van der Waals surface area contributed by atoms with Crippen molar-refractivity contribution in [3.63, 3.8) is 0 Å². The first-order valence-electron chi connectivity index (χ1n) is 8.79. The Morgan fingerprint density at radius 3 is 2.40 bits per heavy atom. The largest absolute Gasteiger partial charge is 0.373 e. The normalized spacial score (nSPS) is 29.4. The van der Waals surface area contributed by atoms with E-state index in [9.17, 15) is 13.2 Å². The maximum atomic E-state index is 12.3. The summed E-state index contributed by atoms with van der Waals surface area (Å²) in [6.45, 7) is 6.81. The minimum absolute atomic E-state index is 0.0459. The van der Waals surface area contributed by atoms with Crippen LogP contribution in [0.25, 0.3) is 0 Å². The van der Waals surface area contributed by atoms with Gasteiger partial charge in [0.05, 0.1) is 23.7 Å². The summed E-state index contributed by atoms with van der Waals surface area (Å²) in [7, 11) is -2.99. The molecule has 2 saturated heterocycles. The molecule has 7 heteroatoms. The van der Waals surface area contributed by atoms with Crippen LogP contribution in [0.2, 0.25) is 0 Å². The SMILES string of the molecule is C[C@@H]1CN(Cc2ccc(C(=O)N[C@@H]3CCS(=O)(=O)C3)cc2)C[C@H](C)O1. The van der Waals surface area contributed by atoms with E-state index in [0.717, 1.165) is 25.2 Å². The molecule has 1 aromatic rings. The monoisotopic (exact) mass is 366 g/mol. The zero-order chi connectivity index (χ0) is 18.0. The zero-order valence-electron chi connectivity index (χ0n) is 14.8. The lowest BCUT2D eigenvalue weighted by atomic mass is 10.1. The number of hydrogen-bond acceptors (Lipinski definition) is 5. The molecule has 0 unspecified atom stereocenters. The standard InChI is InChI=1S/C18H26N2O4S/c1-13-9-20(10-14(2)24-13)11-15-3-5-16(6-4-15)18(21)19-17-7-8-25(22,23)12-17/h3-6,13-14,17H,7-12H2,1-2H3,(H,19,21)/t13-,14+,17-/m1/s1. The summed E-state index contributed by atoms with van der Waals surface area (Å²) < 4.78 is 28.7.